The molecule has 4 aromatic rings. The number of carbonyl (C=O) groups is 4. The van der Waals surface area contributed by atoms with Gasteiger partial charge in [-0.25, -0.2) is 13.6 Å². The number of amides is 4. The van der Waals surface area contributed by atoms with Crippen LogP contribution in [-0.2, 0) is 32.2 Å². The molecule has 6 rings (SSSR count). The third-order valence-corrected chi connectivity index (χ3v) is 11.0. The molecule has 1 aromatic heterocycles. The van der Waals surface area contributed by atoms with Crippen molar-refractivity contribution >= 4 is 45.8 Å². The lowest BCUT2D eigenvalue weighted by atomic mass is 9.95. The number of halogens is 2. The second-order valence-corrected chi connectivity index (χ2v) is 15.0. The van der Waals surface area contributed by atoms with Crippen LogP contribution in [0, 0.1) is 11.6 Å². The number of carbonyl (C=O) groups excluding carboxylic acids is 3. The molecule has 13 heteroatoms. The summed E-state index contributed by atoms with van der Waals surface area (Å²) in [7, 11) is 0. The normalized spacial score (nSPS) is 15.5. The van der Waals surface area contributed by atoms with Crippen molar-refractivity contribution in [3.8, 4) is 0 Å². The fraction of sp³-hybridized carbons (Fsp3) is 0.333. The maximum Gasteiger partial charge on any atom is 0.407 e. The van der Waals surface area contributed by atoms with Crippen molar-refractivity contribution in [1.29, 1.82) is 0 Å². The summed E-state index contributed by atoms with van der Waals surface area (Å²) in [5.74, 6) is -3.10. The number of fused-ring (bicyclic) bond motifs is 1. The molecule has 0 atom stereocenters. The van der Waals surface area contributed by atoms with E-state index in [1.54, 1.807) is 42.5 Å². The summed E-state index contributed by atoms with van der Waals surface area (Å²) in [6, 6.07) is 15.9. The minimum absolute atomic E-state index is 0.0394. The molecule has 0 bridgehead atoms. The van der Waals surface area contributed by atoms with E-state index in [1.165, 1.54) is 16.2 Å². The van der Waals surface area contributed by atoms with Crippen LogP contribution in [0.5, 0.6) is 0 Å². The molecule has 2 heterocycles. The van der Waals surface area contributed by atoms with Crippen LogP contribution >= 0.6 is 11.3 Å². The number of hydrogen-bond acceptors (Lipinski definition) is 6. The number of carboxylic acid groups (broad SMARTS) is 1. The fourth-order valence-electron chi connectivity index (χ4n) is 6.96. The van der Waals surface area contributed by atoms with Crippen LogP contribution in [-0.4, -0.2) is 63.9 Å². The van der Waals surface area contributed by atoms with Gasteiger partial charge < -0.3 is 26.4 Å². The van der Waals surface area contributed by atoms with Gasteiger partial charge in [0.05, 0.1) is 5.56 Å². The summed E-state index contributed by atoms with van der Waals surface area (Å²) in [5, 5.41) is 15.4. The first-order chi connectivity index (χ1) is 24.8. The highest BCUT2D eigenvalue weighted by molar-refractivity contribution is 7.17. The first kappa shape index (κ1) is 36.6. The van der Waals surface area contributed by atoms with Gasteiger partial charge in [0, 0.05) is 59.0 Å². The molecule has 52 heavy (non-hydrogen) atoms. The lowest BCUT2D eigenvalue weighted by molar-refractivity contribution is 0.0180. The molecular weight excluding hydrogens is 689 g/mol. The molecule has 1 aliphatic carbocycles. The number of hydrogen-bond donors (Lipinski definition) is 4. The highest BCUT2D eigenvalue weighted by Crippen LogP contribution is 2.39. The zero-order valence-corrected chi connectivity index (χ0v) is 29.9. The molecule has 1 fully saturated rings. The van der Waals surface area contributed by atoms with Gasteiger partial charge >= 0.3 is 6.09 Å². The van der Waals surface area contributed by atoms with Crippen LogP contribution in [0.1, 0.15) is 84.9 Å². The molecule has 2 aliphatic rings. The molecule has 1 saturated heterocycles. The summed E-state index contributed by atoms with van der Waals surface area (Å²) in [6.07, 6.45) is 2.69. The van der Waals surface area contributed by atoms with Crippen LogP contribution in [0.15, 0.2) is 60.7 Å². The van der Waals surface area contributed by atoms with Crippen molar-refractivity contribution in [1.82, 2.24) is 9.80 Å². The van der Waals surface area contributed by atoms with Crippen molar-refractivity contribution in [3.63, 3.8) is 0 Å². The quantitative estimate of drug-likeness (QED) is 0.140. The van der Waals surface area contributed by atoms with Crippen LogP contribution in [0.2, 0.25) is 0 Å². The number of aryl methyl sites for hydroxylation is 2. The number of rotatable bonds is 10. The van der Waals surface area contributed by atoms with Gasteiger partial charge in [-0.15, -0.1) is 11.3 Å². The summed E-state index contributed by atoms with van der Waals surface area (Å²) < 4.78 is 30.4. The van der Waals surface area contributed by atoms with E-state index in [2.05, 4.69) is 15.5 Å². The van der Waals surface area contributed by atoms with Gasteiger partial charge in [0.25, 0.3) is 11.8 Å². The molecule has 3 aromatic carbocycles. The van der Waals surface area contributed by atoms with Crippen molar-refractivity contribution in [3.05, 3.63) is 116 Å². The van der Waals surface area contributed by atoms with Crippen LogP contribution in [0.3, 0.4) is 0 Å². The highest BCUT2D eigenvalue weighted by atomic mass is 32.1. The molecular formula is C39H41F2N5O5S. The summed E-state index contributed by atoms with van der Waals surface area (Å²) >= 11 is 1.35. The predicted octanol–water partition coefficient (Wildman–Crippen LogP) is 6.87. The number of nitrogens with two attached hydrogens (primary N) is 1. The Labute approximate surface area is 304 Å². The number of piperazine rings is 1. The Balaban J connectivity index is 1.16. The van der Waals surface area contributed by atoms with E-state index in [-0.39, 0.29) is 17.7 Å². The number of primary amides is 1. The number of thiophene rings is 1. The fourth-order valence-corrected chi connectivity index (χ4v) is 8.24. The van der Waals surface area contributed by atoms with Crippen LogP contribution < -0.4 is 16.4 Å². The zero-order chi connectivity index (χ0) is 37.2. The zero-order valence-electron chi connectivity index (χ0n) is 29.1. The summed E-state index contributed by atoms with van der Waals surface area (Å²) in [6.45, 7) is 5.84. The van der Waals surface area contributed by atoms with Gasteiger partial charge in [-0.1, -0.05) is 24.3 Å². The smallest absolute Gasteiger partial charge is 0.407 e. The lowest BCUT2D eigenvalue weighted by Crippen LogP contribution is -2.59. The topological polar surface area (TPSA) is 145 Å². The van der Waals surface area contributed by atoms with E-state index in [1.807, 2.05) is 19.9 Å². The molecule has 0 unspecified atom stereocenters. The minimum Gasteiger partial charge on any atom is -0.465 e. The average molecular weight is 730 g/mol. The molecule has 1 aliphatic heterocycles. The SMILES string of the molecule is CC1(C)CN(C(=O)O)CCN1Cc1cccc(C(=O)Nc2sc3c(c2C(=O)Nc2cc(F)c(CCc4ccc(C(N)=O)cc4)c(F)c2)CCCC3)c1. The second-order valence-electron chi connectivity index (χ2n) is 13.9. The standard InChI is InChI=1S/C39H41F2N5O5S/c1-39(2)22-45(38(50)51)16-17-46(39)21-24-6-5-7-26(18-24)35(48)44-37-33(29-8-3-4-9-32(29)52-37)36(49)43-27-19-30(40)28(31(41)20-27)15-12-23-10-13-25(14-11-23)34(42)47/h5-7,10-11,13-14,18-20H,3-4,8-9,12,15-17,21-22H2,1-2H3,(H2,42,47)(H,43,49)(H,44,48)(H,50,51). The Morgan fingerprint density at radius 1 is 0.865 bits per heavy atom. The van der Waals surface area contributed by atoms with E-state index in [0.29, 0.717) is 60.7 Å². The Morgan fingerprint density at radius 3 is 2.25 bits per heavy atom. The van der Waals surface area contributed by atoms with E-state index >= 15 is 8.78 Å². The van der Waals surface area contributed by atoms with E-state index in [9.17, 15) is 24.3 Å². The second kappa shape index (κ2) is 15.2. The van der Waals surface area contributed by atoms with Crippen molar-refractivity contribution in [2.45, 2.75) is 64.5 Å². The number of anilines is 2. The first-order valence-corrected chi connectivity index (χ1v) is 18.1. The largest absolute Gasteiger partial charge is 0.465 e. The number of nitrogens with one attached hydrogen (secondary N) is 2. The Kier molecular flexibility index (Phi) is 10.7. The van der Waals surface area contributed by atoms with Gasteiger partial charge in [0.15, 0.2) is 0 Å². The van der Waals surface area contributed by atoms with Crippen molar-refractivity contribution < 1.29 is 33.1 Å². The monoisotopic (exact) mass is 729 g/mol. The minimum atomic E-state index is -0.939. The Morgan fingerprint density at radius 2 is 1.58 bits per heavy atom. The predicted molar refractivity (Wildman–Crippen MR) is 196 cm³/mol. The maximum absolute atomic E-state index is 15.2. The molecule has 4 amide bonds. The van der Waals surface area contributed by atoms with Gasteiger partial charge in [0.1, 0.15) is 16.6 Å². The van der Waals surface area contributed by atoms with Crippen molar-refractivity contribution in [2.75, 3.05) is 30.3 Å². The van der Waals surface area contributed by atoms with Gasteiger partial charge in [-0.3, -0.25) is 19.3 Å². The van der Waals surface area contributed by atoms with Crippen LogP contribution in [0.25, 0.3) is 0 Å². The van der Waals surface area contributed by atoms with Gasteiger partial charge in [-0.05, 0) is 105 Å². The maximum atomic E-state index is 15.2. The van der Waals surface area contributed by atoms with Gasteiger partial charge in [-0.2, -0.15) is 0 Å². The third-order valence-electron chi connectivity index (χ3n) is 9.83. The van der Waals surface area contributed by atoms with Crippen LogP contribution in [0.4, 0.5) is 24.3 Å². The number of nitrogens with zero attached hydrogens (tertiary/aromatic N) is 2. The molecule has 10 nitrogen and oxygen atoms in total. The van der Waals surface area contributed by atoms with E-state index in [0.717, 1.165) is 53.0 Å². The van der Waals surface area contributed by atoms with E-state index in [4.69, 9.17) is 5.73 Å². The Hall–Kier alpha value is -5.14. The Bertz CT molecular complexity index is 2010. The first-order valence-electron chi connectivity index (χ1n) is 17.2. The average Bonchev–Trinajstić information content (AvgIpc) is 3.46. The lowest BCUT2D eigenvalue weighted by Gasteiger charge is -2.46. The summed E-state index contributed by atoms with van der Waals surface area (Å²) in [4.78, 5) is 54.9. The highest BCUT2D eigenvalue weighted by Gasteiger charge is 2.35. The number of benzene rings is 3. The molecule has 5 N–H and O–H groups in total. The third kappa shape index (κ3) is 8.16. The van der Waals surface area contributed by atoms with Gasteiger partial charge in [0.2, 0.25) is 5.91 Å². The molecule has 0 radical (unpaired) electrons. The summed E-state index contributed by atoms with van der Waals surface area (Å²) in [5.41, 5.74) is 8.27. The molecule has 272 valence electrons. The molecule has 0 spiro atoms. The molecule has 0 saturated carbocycles. The van der Waals surface area contributed by atoms with Crippen molar-refractivity contribution in [2.24, 2.45) is 5.73 Å². The van der Waals surface area contributed by atoms with E-state index < -0.39 is 41.0 Å².